The van der Waals surface area contributed by atoms with Crippen molar-refractivity contribution in [3.8, 4) is 0 Å². The van der Waals surface area contributed by atoms with Crippen LogP contribution in [0.1, 0.15) is 37.2 Å². The van der Waals surface area contributed by atoms with Crippen LogP contribution in [0.5, 0.6) is 0 Å². The van der Waals surface area contributed by atoms with Crippen molar-refractivity contribution in [2.24, 2.45) is 5.92 Å². The van der Waals surface area contributed by atoms with Crippen molar-refractivity contribution in [1.82, 2.24) is 5.32 Å². The molecule has 1 saturated carbocycles. The number of amides is 1. The van der Waals surface area contributed by atoms with Crippen LogP contribution in [0.3, 0.4) is 0 Å². The lowest BCUT2D eigenvalue weighted by atomic mass is 10.1. The lowest BCUT2D eigenvalue weighted by molar-refractivity contribution is -0.142. The minimum Gasteiger partial charge on any atom is -0.480 e. The summed E-state index contributed by atoms with van der Waals surface area (Å²) in [5.41, 5.74) is 1.26. The molecule has 1 amide bonds. The van der Waals surface area contributed by atoms with Gasteiger partial charge in [-0.05, 0) is 36.7 Å². The van der Waals surface area contributed by atoms with Gasteiger partial charge in [0.05, 0.1) is 0 Å². The van der Waals surface area contributed by atoms with Gasteiger partial charge in [0.2, 0.25) is 5.91 Å². The summed E-state index contributed by atoms with van der Waals surface area (Å²) < 4.78 is 0. The maximum absolute atomic E-state index is 11.9. The number of benzene rings is 1. The largest absolute Gasteiger partial charge is 0.480 e. The summed E-state index contributed by atoms with van der Waals surface area (Å²) in [5.74, 6) is -0.384. The molecular weight excluding hydrogens is 266 g/mol. The van der Waals surface area contributed by atoms with E-state index in [9.17, 15) is 9.59 Å². The van der Waals surface area contributed by atoms with Crippen molar-refractivity contribution >= 4 is 11.9 Å². The summed E-state index contributed by atoms with van der Waals surface area (Å²) in [7, 11) is 0. The van der Waals surface area contributed by atoms with Gasteiger partial charge in [-0.15, -0.1) is 6.58 Å². The van der Waals surface area contributed by atoms with Crippen molar-refractivity contribution < 1.29 is 14.7 Å². The Labute approximate surface area is 124 Å². The van der Waals surface area contributed by atoms with Crippen LogP contribution in [0.25, 0.3) is 0 Å². The molecule has 1 aliphatic rings. The van der Waals surface area contributed by atoms with Crippen LogP contribution in [0, 0.1) is 5.92 Å². The molecule has 0 bridgehead atoms. The fourth-order valence-corrected chi connectivity index (χ4v) is 2.61. The second-order valence-electron chi connectivity index (χ2n) is 5.54. The van der Waals surface area contributed by atoms with Crippen LogP contribution >= 0.6 is 0 Å². The Balaban J connectivity index is 1.80. The van der Waals surface area contributed by atoms with E-state index in [0.29, 0.717) is 31.1 Å². The van der Waals surface area contributed by atoms with Crippen LogP contribution in [0.2, 0.25) is 0 Å². The Morgan fingerprint density at radius 2 is 2.10 bits per heavy atom. The fraction of sp³-hybridized carbons (Fsp3) is 0.412. The lowest BCUT2D eigenvalue weighted by Gasteiger charge is -2.13. The number of aliphatic carboxylic acids is 1. The monoisotopic (exact) mass is 287 g/mol. The van der Waals surface area contributed by atoms with E-state index in [1.165, 1.54) is 5.56 Å². The Bertz CT molecular complexity index is 512. The first-order valence-electron chi connectivity index (χ1n) is 7.29. The molecule has 1 unspecified atom stereocenters. The number of carboxylic acids is 1. The van der Waals surface area contributed by atoms with Crippen LogP contribution in [0.15, 0.2) is 43.0 Å². The molecule has 1 fully saturated rings. The number of carbonyl (C=O) groups is 2. The van der Waals surface area contributed by atoms with E-state index in [2.05, 4.69) is 24.0 Å². The van der Waals surface area contributed by atoms with E-state index in [-0.39, 0.29) is 5.91 Å². The van der Waals surface area contributed by atoms with Gasteiger partial charge in [0, 0.05) is 6.42 Å². The molecule has 3 atom stereocenters. The van der Waals surface area contributed by atoms with E-state index >= 15 is 0 Å². The van der Waals surface area contributed by atoms with Gasteiger partial charge in [-0.2, -0.15) is 0 Å². The number of hydrogen-bond donors (Lipinski definition) is 2. The maximum atomic E-state index is 11.9. The summed E-state index contributed by atoms with van der Waals surface area (Å²) in [6, 6.07) is 9.31. The van der Waals surface area contributed by atoms with E-state index < -0.39 is 12.0 Å². The van der Waals surface area contributed by atoms with E-state index in [0.717, 1.165) is 6.42 Å². The predicted molar refractivity (Wildman–Crippen MR) is 80.9 cm³/mol. The SMILES string of the molecule is C=CCCC(NC(=O)C[C@@H]1C[C@H]1c1ccccc1)C(=O)O. The highest BCUT2D eigenvalue weighted by Gasteiger charge is 2.39. The summed E-state index contributed by atoms with van der Waals surface area (Å²) in [5, 5.41) is 11.7. The molecule has 21 heavy (non-hydrogen) atoms. The number of hydrogen-bond acceptors (Lipinski definition) is 2. The quantitative estimate of drug-likeness (QED) is 0.722. The zero-order valence-electron chi connectivity index (χ0n) is 12.0. The molecule has 0 saturated heterocycles. The topological polar surface area (TPSA) is 66.4 Å². The third-order valence-corrected chi connectivity index (χ3v) is 3.89. The third kappa shape index (κ3) is 4.45. The molecule has 0 radical (unpaired) electrons. The van der Waals surface area contributed by atoms with Crippen LogP contribution in [-0.2, 0) is 9.59 Å². The summed E-state index contributed by atoms with van der Waals surface area (Å²) in [6.45, 7) is 3.57. The van der Waals surface area contributed by atoms with Crippen molar-refractivity contribution in [3.05, 3.63) is 48.6 Å². The second kappa shape index (κ2) is 7.07. The van der Waals surface area contributed by atoms with Gasteiger partial charge in [-0.25, -0.2) is 4.79 Å². The average molecular weight is 287 g/mol. The molecule has 112 valence electrons. The van der Waals surface area contributed by atoms with E-state index in [1.54, 1.807) is 6.08 Å². The number of carbonyl (C=O) groups excluding carboxylic acids is 1. The van der Waals surface area contributed by atoms with Crippen LogP contribution in [-0.4, -0.2) is 23.0 Å². The van der Waals surface area contributed by atoms with Gasteiger partial charge >= 0.3 is 5.97 Å². The maximum Gasteiger partial charge on any atom is 0.326 e. The van der Waals surface area contributed by atoms with Crippen molar-refractivity contribution in [2.45, 2.75) is 37.6 Å². The number of rotatable bonds is 8. The lowest BCUT2D eigenvalue weighted by Crippen LogP contribution is -2.40. The molecule has 2 rings (SSSR count). The molecule has 0 heterocycles. The molecule has 4 nitrogen and oxygen atoms in total. The average Bonchev–Trinajstić information content (AvgIpc) is 3.23. The Morgan fingerprint density at radius 3 is 2.71 bits per heavy atom. The predicted octanol–water partition coefficient (Wildman–Crippen LogP) is 2.72. The zero-order chi connectivity index (χ0) is 15.2. The van der Waals surface area contributed by atoms with Crippen molar-refractivity contribution in [2.75, 3.05) is 0 Å². The molecule has 1 aromatic carbocycles. The third-order valence-electron chi connectivity index (χ3n) is 3.89. The molecule has 0 aliphatic heterocycles. The van der Waals surface area contributed by atoms with E-state index in [1.807, 2.05) is 18.2 Å². The van der Waals surface area contributed by atoms with Gasteiger partial charge in [0.1, 0.15) is 6.04 Å². The highest BCUT2D eigenvalue weighted by Crippen LogP contribution is 2.49. The highest BCUT2D eigenvalue weighted by atomic mass is 16.4. The van der Waals surface area contributed by atoms with Gasteiger partial charge in [0.15, 0.2) is 0 Å². The van der Waals surface area contributed by atoms with Crippen LogP contribution in [0.4, 0.5) is 0 Å². The minimum atomic E-state index is -0.986. The first-order valence-corrected chi connectivity index (χ1v) is 7.29. The van der Waals surface area contributed by atoms with Crippen molar-refractivity contribution in [3.63, 3.8) is 0 Å². The smallest absolute Gasteiger partial charge is 0.326 e. The fourth-order valence-electron chi connectivity index (χ4n) is 2.61. The molecule has 0 aromatic heterocycles. The number of allylic oxidation sites excluding steroid dienone is 1. The standard InChI is InChI=1S/C17H21NO3/c1-2-3-9-15(17(20)21)18-16(19)11-13-10-14(13)12-7-5-4-6-8-12/h2,4-8,13-15H,1,3,9-11H2,(H,18,19)(H,20,21)/t13-,14-,15?/m0/s1. The summed E-state index contributed by atoms with van der Waals surface area (Å²) in [4.78, 5) is 23.0. The molecule has 1 aliphatic carbocycles. The van der Waals surface area contributed by atoms with Gasteiger partial charge in [0.25, 0.3) is 0 Å². The number of nitrogens with one attached hydrogen (secondary N) is 1. The molecule has 0 spiro atoms. The first-order chi connectivity index (χ1) is 10.1. The molecule has 2 N–H and O–H groups in total. The second-order valence-corrected chi connectivity index (χ2v) is 5.54. The van der Waals surface area contributed by atoms with E-state index in [4.69, 9.17) is 5.11 Å². The molecule has 4 heteroatoms. The minimum absolute atomic E-state index is 0.171. The molecule has 1 aromatic rings. The first kappa shape index (κ1) is 15.3. The van der Waals surface area contributed by atoms with Crippen LogP contribution < -0.4 is 5.32 Å². The van der Waals surface area contributed by atoms with Crippen molar-refractivity contribution in [1.29, 1.82) is 0 Å². The zero-order valence-corrected chi connectivity index (χ0v) is 12.0. The van der Waals surface area contributed by atoms with Gasteiger partial charge in [-0.1, -0.05) is 36.4 Å². The molecular formula is C17H21NO3. The highest BCUT2D eigenvalue weighted by molar-refractivity contribution is 5.83. The van der Waals surface area contributed by atoms with Gasteiger partial charge in [-0.3, -0.25) is 4.79 Å². The Hall–Kier alpha value is -2.10. The Morgan fingerprint density at radius 1 is 1.38 bits per heavy atom. The normalized spacial score (nSPS) is 21.3. The summed E-state index contributed by atoms with van der Waals surface area (Å²) >= 11 is 0. The number of carboxylic acid groups (broad SMARTS) is 1. The van der Waals surface area contributed by atoms with Gasteiger partial charge < -0.3 is 10.4 Å². The Kier molecular flexibility index (Phi) is 5.14. The summed E-state index contributed by atoms with van der Waals surface area (Å²) in [6.07, 6.45) is 4.03.